The van der Waals surface area contributed by atoms with Gasteiger partial charge in [-0.1, -0.05) is 0 Å². The summed E-state index contributed by atoms with van der Waals surface area (Å²) >= 11 is 0. The van der Waals surface area contributed by atoms with Crippen LogP contribution in [0.1, 0.15) is 5.56 Å². The second-order valence-electron chi connectivity index (χ2n) is 6.92. The minimum absolute atomic E-state index is 0.117. The number of carboxylic acid groups (broad SMARTS) is 2. The van der Waals surface area contributed by atoms with Gasteiger partial charge in [-0.2, -0.15) is 4.31 Å². The number of methoxy groups -OCH3 is 2. The fourth-order valence-corrected chi connectivity index (χ4v) is 4.55. The van der Waals surface area contributed by atoms with Crippen molar-refractivity contribution in [2.45, 2.75) is 11.4 Å². The highest BCUT2D eigenvalue weighted by molar-refractivity contribution is 7.89. The molecule has 0 saturated carbocycles. The second kappa shape index (κ2) is 11.6. The number of rotatable bonds is 6. The number of hydrogen-bond donors (Lipinski definition) is 2. The van der Waals surface area contributed by atoms with E-state index in [9.17, 15) is 12.8 Å². The number of carboxylic acids is 2. The van der Waals surface area contributed by atoms with Crippen molar-refractivity contribution in [2.24, 2.45) is 0 Å². The molecule has 0 bridgehead atoms. The lowest BCUT2D eigenvalue weighted by atomic mass is 10.1. The molecule has 2 N–H and O–H groups in total. The van der Waals surface area contributed by atoms with Gasteiger partial charge in [-0.3, -0.25) is 4.90 Å². The maximum atomic E-state index is 13.1. The lowest BCUT2D eigenvalue weighted by Crippen LogP contribution is -2.48. The van der Waals surface area contributed by atoms with Gasteiger partial charge in [0.15, 0.2) is 0 Å². The van der Waals surface area contributed by atoms with Crippen molar-refractivity contribution in [3.05, 3.63) is 53.8 Å². The largest absolute Gasteiger partial charge is 0.497 e. The van der Waals surface area contributed by atoms with Gasteiger partial charge in [0.25, 0.3) is 0 Å². The lowest BCUT2D eigenvalue weighted by Gasteiger charge is -2.34. The average molecular weight is 485 g/mol. The van der Waals surface area contributed by atoms with E-state index in [1.54, 1.807) is 14.2 Å². The van der Waals surface area contributed by atoms with E-state index in [-0.39, 0.29) is 4.90 Å². The molecule has 12 heteroatoms. The molecule has 33 heavy (non-hydrogen) atoms. The third-order valence-corrected chi connectivity index (χ3v) is 6.76. The van der Waals surface area contributed by atoms with Gasteiger partial charge >= 0.3 is 11.9 Å². The van der Waals surface area contributed by atoms with E-state index in [1.165, 1.54) is 16.4 Å². The highest BCUT2D eigenvalue weighted by atomic mass is 32.2. The first kappa shape index (κ1) is 26.0. The van der Waals surface area contributed by atoms with Gasteiger partial charge in [0.05, 0.1) is 19.1 Å². The molecule has 0 spiro atoms. The number of halogens is 1. The van der Waals surface area contributed by atoms with Gasteiger partial charge in [-0.05, 0) is 42.5 Å². The van der Waals surface area contributed by atoms with E-state index in [0.29, 0.717) is 32.7 Å². The molecule has 0 radical (unpaired) electrons. The molecule has 2 aromatic rings. The number of carbonyl (C=O) groups is 2. The van der Waals surface area contributed by atoms with Crippen molar-refractivity contribution < 1.29 is 42.1 Å². The zero-order valence-corrected chi connectivity index (χ0v) is 18.9. The summed E-state index contributed by atoms with van der Waals surface area (Å²) < 4.78 is 50.6. The van der Waals surface area contributed by atoms with E-state index >= 15 is 0 Å². The number of hydrogen-bond acceptors (Lipinski definition) is 7. The van der Waals surface area contributed by atoms with E-state index in [0.717, 1.165) is 29.2 Å². The maximum absolute atomic E-state index is 13.1. The first-order chi connectivity index (χ1) is 15.6. The number of aliphatic carboxylic acids is 2. The van der Waals surface area contributed by atoms with Gasteiger partial charge in [-0.25, -0.2) is 22.4 Å². The van der Waals surface area contributed by atoms with Crippen molar-refractivity contribution >= 4 is 22.0 Å². The maximum Gasteiger partial charge on any atom is 0.414 e. The van der Waals surface area contributed by atoms with Crippen molar-refractivity contribution in [3.8, 4) is 11.5 Å². The molecule has 0 aromatic heterocycles. The Morgan fingerprint density at radius 1 is 0.939 bits per heavy atom. The topological polar surface area (TPSA) is 134 Å². The molecular formula is C21H25FN2O8S. The summed E-state index contributed by atoms with van der Waals surface area (Å²) in [5.41, 5.74) is 0.992. The summed E-state index contributed by atoms with van der Waals surface area (Å²) in [5.74, 6) is -2.57. The SMILES string of the molecule is COc1ccc(OC)c(CN2CCN(S(=O)(=O)c3ccc(F)cc3)CC2)c1.O=C(O)C(=O)O. The summed E-state index contributed by atoms with van der Waals surface area (Å²) in [5, 5.41) is 14.8. The first-order valence-electron chi connectivity index (χ1n) is 9.73. The fraction of sp³-hybridized carbons (Fsp3) is 0.333. The Hall–Kier alpha value is -3.22. The Morgan fingerprint density at radius 2 is 1.52 bits per heavy atom. The minimum Gasteiger partial charge on any atom is -0.497 e. The molecule has 3 rings (SSSR count). The molecule has 1 saturated heterocycles. The molecule has 1 fully saturated rings. The monoisotopic (exact) mass is 484 g/mol. The van der Waals surface area contributed by atoms with Crippen molar-refractivity contribution in [1.29, 1.82) is 0 Å². The van der Waals surface area contributed by atoms with Gasteiger partial charge in [-0.15, -0.1) is 0 Å². The van der Waals surface area contributed by atoms with Crippen LogP contribution in [-0.4, -0.2) is 80.2 Å². The zero-order chi connectivity index (χ0) is 24.6. The highest BCUT2D eigenvalue weighted by Gasteiger charge is 2.28. The summed E-state index contributed by atoms with van der Waals surface area (Å²) in [6.07, 6.45) is 0. The van der Waals surface area contributed by atoms with Crippen LogP contribution in [0.5, 0.6) is 11.5 Å². The predicted molar refractivity (Wildman–Crippen MR) is 115 cm³/mol. The van der Waals surface area contributed by atoms with Crippen molar-refractivity contribution in [1.82, 2.24) is 9.21 Å². The molecule has 0 aliphatic carbocycles. The highest BCUT2D eigenvalue weighted by Crippen LogP contribution is 2.26. The number of nitrogens with zero attached hydrogens (tertiary/aromatic N) is 2. The van der Waals surface area contributed by atoms with Crippen LogP contribution in [0.4, 0.5) is 4.39 Å². The Kier molecular flexibility index (Phi) is 9.14. The van der Waals surface area contributed by atoms with Crippen molar-refractivity contribution in [3.63, 3.8) is 0 Å². The molecule has 10 nitrogen and oxygen atoms in total. The standard InChI is InChI=1S/C19H23FN2O4S.C2H2O4/c1-25-17-5-8-19(26-2)15(13-17)14-21-9-11-22(12-10-21)27(23,24)18-6-3-16(20)4-7-18;3-1(4)2(5)6/h3-8,13H,9-12,14H2,1-2H3;(H,3,4)(H,5,6). The van der Waals surface area contributed by atoms with E-state index in [1.807, 2.05) is 18.2 Å². The summed E-state index contributed by atoms with van der Waals surface area (Å²) in [6, 6.07) is 10.6. The van der Waals surface area contributed by atoms with Crippen LogP contribution >= 0.6 is 0 Å². The summed E-state index contributed by atoms with van der Waals surface area (Å²) in [7, 11) is -0.364. The fourth-order valence-electron chi connectivity index (χ4n) is 3.13. The Balaban J connectivity index is 0.000000569. The third kappa shape index (κ3) is 7.14. The number of ether oxygens (including phenoxy) is 2. The van der Waals surface area contributed by atoms with E-state index in [2.05, 4.69) is 4.90 Å². The number of sulfonamides is 1. The summed E-state index contributed by atoms with van der Waals surface area (Å²) in [6.45, 7) is 2.60. The van der Waals surface area contributed by atoms with Gasteiger partial charge in [0, 0.05) is 38.3 Å². The molecule has 0 amide bonds. The zero-order valence-electron chi connectivity index (χ0n) is 18.1. The smallest absolute Gasteiger partial charge is 0.414 e. The first-order valence-corrected chi connectivity index (χ1v) is 11.2. The minimum atomic E-state index is -3.60. The van der Waals surface area contributed by atoms with Crippen LogP contribution in [0.2, 0.25) is 0 Å². The Labute approximate surface area is 190 Å². The van der Waals surface area contributed by atoms with Crippen LogP contribution < -0.4 is 9.47 Å². The van der Waals surface area contributed by atoms with Crippen LogP contribution in [0.15, 0.2) is 47.4 Å². The van der Waals surface area contributed by atoms with Gasteiger partial charge in [0.1, 0.15) is 17.3 Å². The van der Waals surface area contributed by atoms with Crippen molar-refractivity contribution in [2.75, 3.05) is 40.4 Å². The number of piperazine rings is 1. The third-order valence-electron chi connectivity index (χ3n) is 4.85. The average Bonchev–Trinajstić information content (AvgIpc) is 2.80. The quantitative estimate of drug-likeness (QED) is 0.585. The normalized spacial score (nSPS) is 14.6. The van der Waals surface area contributed by atoms with Gasteiger partial charge < -0.3 is 19.7 Å². The van der Waals surface area contributed by atoms with Crippen LogP contribution in [0.25, 0.3) is 0 Å². The molecule has 2 aromatic carbocycles. The second-order valence-corrected chi connectivity index (χ2v) is 8.86. The Bertz CT molecular complexity index is 1060. The summed E-state index contributed by atoms with van der Waals surface area (Å²) in [4.78, 5) is 20.5. The van der Waals surface area contributed by atoms with Gasteiger partial charge in [0.2, 0.25) is 10.0 Å². The molecule has 1 heterocycles. The number of benzene rings is 2. The molecule has 0 atom stereocenters. The van der Waals surface area contributed by atoms with Crippen LogP contribution in [-0.2, 0) is 26.2 Å². The van der Waals surface area contributed by atoms with E-state index < -0.39 is 27.8 Å². The molecule has 0 unspecified atom stereocenters. The van der Waals surface area contributed by atoms with Crippen LogP contribution in [0.3, 0.4) is 0 Å². The molecule has 1 aliphatic heterocycles. The van der Waals surface area contributed by atoms with Crippen LogP contribution in [0, 0.1) is 5.82 Å². The molecule has 180 valence electrons. The molecule has 1 aliphatic rings. The Morgan fingerprint density at radius 3 is 2.00 bits per heavy atom. The lowest BCUT2D eigenvalue weighted by molar-refractivity contribution is -0.159. The molecular weight excluding hydrogens is 459 g/mol. The predicted octanol–water partition coefficient (Wildman–Crippen LogP) is 1.51. The van der Waals surface area contributed by atoms with E-state index in [4.69, 9.17) is 29.3 Å².